The molecule has 0 aliphatic carbocycles. The van der Waals surface area contributed by atoms with Crippen LogP contribution in [0.3, 0.4) is 0 Å². The summed E-state index contributed by atoms with van der Waals surface area (Å²) < 4.78 is 22.0. The van der Waals surface area contributed by atoms with Gasteiger partial charge < -0.3 is 24.1 Å². The molecule has 57 heavy (non-hydrogen) atoms. The molecule has 2 unspecified atom stereocenters. The van der Waals surface area contributed by atoms with E-state index < -0.39 is 29.2 Å². The lowest BCUT2D eigenvalue weighted by molar-refractivity contribution is -0.162. The number of ketones is 4. The molecule has 0 fully saturated rings. The van der Waals surface area contributed by atoms with E-state index in [4.69, 9.17) is 24.1 Å². The number of Topliss-reactive ketones (excluding diaryl/α,β-unsaturated/α-hetero) is 4. The predicted octanol–water partition coefficient (Wildman–Crippen LogP) is 9.57. The van der Waals surface area contributed by atoms with Gasteiger partial charge in [0.1, 0.15) is 34.7 Å². The van der Waals surface area contributed by atoms with Crippen LogP contribution in [0.4, 0.5) is 0 Å². The Labute approximate surface area is 349 Å². The lowest BCUT2D eigenvalue weighted by atomic mass is 9.91. The summed E-state index contributed by atoms with van der Waals surface area (Å²) in [5.74, 6) is 0.632. The SMILES string of the molecule is CC(C)C(C)CC(=O)CCCCCCCSCCCCCC(=O)CCCCOCCOCCOCCCCC(=O)CCC(=O)C(CCC(=O)O)C(=O)OC(C)(C)C. The van der Waals surface area contributed by atoms with Gasteiger partial charge in [-0.2, -0.15) is 11.8 Å². The standard InChI is InChI=1S/C45H80O11S/c1-36(2)37(3)35-40(48)22-11-8-7-9-17-33-57-34-18-10-12-19-38(46)20-13-15-27-53-29-31-55-32-30-54-28-16-14-21-39(47)23-25-42(49)41(24-26-43(50)51)44(52)56-45(4,5)6/h36-37,41H,7-35H2,1-6H3,(H,50,51). The van der Waals surface area contributed by atoms with Gasteiger partial charge in [-0.05, 0) is 102 Å². The van der Waals surface area contributed by atoms with Crippen molar-refractivity contribution in [3.8, 4) is 0 Å². The topological polar surface area (TPSA) is 160 Å². The summed E-state index contributed by atoms with van der Waals surface area (Å²) in [6.07, 6.45) is 14.7. The van der Waals surface area contributed by atoms with Gasteiger partial charge >= 0.3 is 11.9 Å². The molecule has 2 atom stereocenters. The second-order valence-electron chi connectivity index (χ2n) is 16.7. The van der Waals surface area contributed by atoms with Gasteiger partial charge in [-0.15, -0.1) is 0 Å². The Morgan fingerprint density at radius 2 is 0.965 bits per heavy atom. The fourth-order valence-electron chi connectivity index (χ4n) is 5.89. The van der Waals surface area contributed by atoms with Crippen LogP contribution in [-0.2, 0) is 47.7 Å². The van der Waals surface area contributed by atoms with Gasteiger partial charge in [0.2, 0.25) is 0 Å². The molecule has 0 aliphatic rings. The zero-order valence-corrected chi connectivity index (χ0v) is 37.5. The number of carboxylic acid groups (broad SMARTS) is 1. The Bertz CT molecular complexity index is 1100. The fraction of sp³-hybridized carbons (Fsp3) is 0.867. The molecule has 332 valence electrons. The Kier molecular flexibility index (Phi) is 34.4. The largest absolute Gasteiger partial charge is 0.481 e. The molecule has 0 radical (unpaired) electrons. The third-order valence-electron chi connectivity index (χ3n) is 9.79. The van der Waals surface area contributed by atoms with Gasteiger partial charge in [0.15, 0.2) is 0 Å². The van der Waals surface area contributed by atoms with E-state index in [1.54, 1.807) is 20.8 Å². The lowest BCUT2D eigenvalue weighted by Crippen LogP contribution is -2.33. The number of hydrogen-bond donors (Lipinski definition) is 1. The Morgan fingerprint density at radius 1 is 0.526 bits per heavy atom. The average molecular weight is 829 g/mol. The number of carboxylic acids is 1. The Hall–Kier alpha value is -2.15. The predicted molar refractivity (Wildman–Crippen MR) is 228 cm³/mol. The van der Waals surface area contributed by atoms with Gasteiger partial charge in [-0.3, -0.25) is 28.8 Å². The molecule has 0 bridgehead atoms. The summed E-state index contributed by atoms with van der Waals surface area (Å²) in [7, 11) is 0. The second-order valence-corrected chi connectivity index (χ2v) is 17.9. The first-order valence-electron chi connectivity index (χ1n) is 22.0. The molecule has 0 amide bonds. The number of carbonyl (C=O) groups is 6. The number of hydrogen-bond acceptors (Lipinski definition) is 11. The molecule has 0 heterocycles. The van der Waals surface area contributed by atoms with Crippen molar-refractivity contribution in [3.05, 3.63) is 0 Å². The summed E-state index contributed by atoms with van der Waals surface area (Å²) in [6.45, 7) is 14.5. The van der Waals surface area contributed by atoms with Crippen molar-refractivity contribution in [2.24, 2.45) is 17.8 Å². The van der Waals surface area contributed by atoms with Crippen molar-refractivity contribution in [2.45, 2.75) is 182 Å². The number of ether oxygens (including phenoxy) is 4. The maximum atomic E-state index is 12.6. The minimum absolute atomic E-state index is 0.00729. The second kappa shape index (κ2) is 35.8. The molecular formula is C45H80O11S. The highest BCUT2D eigenvalue weighted by Crippen LogP contribution is 2.20. The van der Waals surface area contributed by atoms with E-state index in [1.807, 2.05) is 11.8 Å². The summed E-state index contributed by atoms with van der Waals surface area (Å²) in [4.78, 5) is 72.5. The Balaban J connectivity index is 3.56. The van der Waals surface area contributed by atoms with Crippen LogP contribution in [-0.4, -0.2) is 96.9 Å². The van der Waals surface area contributed by atoms with Gasteiger partial charge in [0.05, 0.1) is 26.4 Å². The number of unbranched alkanes of at least 4 members (excludes halogenated alkanes) is 8. The summed E-state index contributed by atoms with van der Waals surface area (Å²) in [5.41, 5.74) is -0.805. The normalized spacial score (nSPS) is 12.8. The maximum Gasteiger partial charge on any atom is 0.317 e. The molecule has 0 aromatic heterocycles. The zero-order valence-electron chi connectivity index (χ0n) is 36.7. The van der Waals surface area contributed by atoms with E-state index in [9.17, 15) is 28.8 Å². The maximum absolute atomic E-state index is 12.6. The van der Waals surface area contributed by atoms with Crippen LogP contribution >= 0.6 is 11.8 Å². The van der Waals surface area contributed by atoms with Crippen molar-refractivity contribution in [3.63, 3.8) is 0 Å². The number of rotatable bonds is 41. The molecule has 0 spiro atoms. The van der Waals surface area contributed by atoms with E-state index in [0.29, 0.717) is 95.1 Å². The van der Waals surface area contributed by atoms with Crippen LogP contribution in [0.1, 0.15) is 176 Å². The third kappa shape index (κ3) is 36.6. The number of carbonyl (C=O) groups excluding carboxylic acids is 5. The highest BCUT2D eigenvalue weighted by atomic mass is 32.2. The van der Waals surface area contributed by atoms with E-state index in [-0.39, 0.29) is 31.5 Å². The summed E-state index contributed by atoms with van der Waals surface area (Å²) in [6, 6.07) is 0. The quantitative estimate of drug-likeness (QED) is 0.0354. The van der Waals surface area contributed by atoms with Crippen molar-refractivity contribution >= 4 is 46.8 Å². The molecule has 0 aliphatic heterocycles. The van der Waals surface area contributed by atoms with Gasteiger partial charge in [0, 0.05) is 64.6 Å². The smallest absolute Gasteiger partial charge is 0.317 e. The number of aliphatic carboxylic acids is 1. The molecule has 1 N–H and O–H groups in total. The average Bonchev–Trinajstić information content (AvgIpc) is 3.13. The van der Waals surface area contributed by atoms with Crippen LogP contribution in [0, 0.1) is 17.8 Å². The summed E-state index contributed by atoms with van der Waals surface area (Å²) in [5, 5.41) is 8.97. The minimum Gasteiger partial charge on any atom is -0.481 e. The highest BCUT2D eigenvalue weighted by Gasteiger charge is 2.31. The van der Waals surface area contributed by atoms with E-state index in [2.05, 4.69) is 20.8 Å². The third-order valence-corrected chi connectivity index (χ3v) is 10.9. The molecule has 11 nitrogen and oxygen atoms in total. The number of thioether (sulfide) groups is 1. The monoisotopic (exact) mass is 829 g/mol. The lowest BCUT2D eigenvalue weighted by Gasteiger charge is -2.23. The van der Waals surface area contributed by atoms with Crippen molar-refractivity contribution in [2.75, 3.05) is 51.1 Å². The van der Waals surface area contributed by atoms with Crippen molar-refractivity contribution in [1.82, 2.24) is 0 Å². The van der Waals surface area contributed by atoms with Gasteiger partial charge in [-0.25, -0.2) is 0 Å². The molecule has 0 saturated heterocycles. The van der Waals surface area contributed by atoms with E-state index in [0.717, 1.165) is 44.9 Å². The van der Waals surface area contributed by atoms with E-state index in [1.165, 1.54) is 43.6 Å². The first-order valence-corrected chi connectivity index (χ1v) is 23.1. The molecule has 0 saturated carbocycles. The van der Waals surface area contributed by atoms with Crippen LogP contribution in [0.2, 0.25) is 0 Å². The fourth-order valence-corrected chi connectivity index (χ4v) is 6.91. The van der Waals surface area contributed by atoms with Gasteiger partial charge in [-0.1, -0.05) is 46.5 Å². The first-order chi connectivity index (χ1) is 27.1. The zero-order chi connectivity index (χ0) is 42.7. The van der Waals surface area contributed by atoms with Crippen molar-refractivity contribution in [1.29, 1.82) is 0 Å². The molecular weight excluding hydrogens is 749 g/mol. The van der Waals surface area contributed by atoms with Gasteiger partial charge in [0.25, 0.3) is 0 Å². The van der Waals surface area contributed by atoms with Crippen LogP contribution in [0.15, 0.2) is 0 Å². The van der Waals surface area contributed by atoms with E-state index >= 15 is 0 Å². The van der Waals surface area contributed by atoms with Crippen molar-refractivity contribution < 1.29 is 52.8 Å². The van der Waals surface area contributed by atoms with Crippen LogP contribution in [0.25, 0.3) is 0 Å². The highest BCUT2D eigenvalue weighted by molar-refractivity contribution is 7.99. The molecule has 12 heteroatoms. The minimum atomic E-state index is -1.19. The molecule has 0 aromatic rings. The molecule has 0 aromatic carbocycles. The Morgan fingerprint density at radius 3 is 1.47 bits per heavy atom. The molecule has 0 rings (SSSR count). The van der Waals surface area contributed by atoms with Crippen LogP contribution < -0.4 is 0 Å². The first kappa shape index (κ1) is 54.9. The summed E-state index contributed by atoms with van der Waals surface area (Å²) >= 11 is 2.02. The van der Waals surface area contributed by atoms with Crippen LogP contribution in [0.5, 0.6) is 0 Å². The number of esters is 1.